The molecule has 4 nitrogen and oxygen atoms in total. The van der Waals surface area contributed by atoms with Crippen molar-refractivity contribution in [3.05, 3.63) is 58.4 Å². The Morgan fingerprint density at radius 1 is 1.18 bits per heavy atom. The number of hydrogen-bond acceptors (Lipinski definition) is 4. The second kappa shape index (κ2) is 7.92. The van der Waals surface area contributed by atoms with Crippen LogP contribution in [0.15, 0.2) is 36.4 Å². The Bertz CT molecular complexity index is 922. The zero-order valence-corrected chi connectivity index (χ0v) is 16.2. The van der Waals surface area contributed by atoms with Gasteiger partial charge in [0.1, 0.15) is 11.6 Å². The predicted octanol–water partition coefficient (Wildman–Crippen LogP) is 4.82. The van der Waals surface area contributed by atoms with Crippen LogP contribution in [0.1, 0.15) is 41.6 Å². The Morgan fingerprint density at radius 3 is 2.71 bits per heavy atom. The van der Waals surface area contributed by atoms with E-state index in [9.17, 15) is 14.0 Å². The molecule has 2 aliphatic rings. The monoisotopic (exact) mass is 401 g/mol. The SMILES string of the molecule is O=C1Cc2ccc(C(=O)CCC3CCN(c4ccc(F)c(Cl)c4)CC3)cc2O1. The quantitative estimate of drug-likeness (QED) is 0.409. The number of ether oxygens (including phenoxy) is 1. The zero-order valence-electron chi connectivity index (χ0n) is 15.4. The fourth-order valence-electron chi connectivity index (χ4n) is 3.92. The van der Waals surface area contributed by atoms with Crippen LogP contribution in [0.25, 0.3) is 0 Å². The van der Waals surface area contributed by atoms with Crippen molar-refractivity contribution < 1.29 is 18.7 Å². The smallest absolute Gasteiger partial charge is 0.315 e. The summed E-state index contributed by atoms with van der Waals surface area (Å²) < 4.78 is 18.5. The number of benzene rings is 2. The molecule has 2 aromatic carbocycles. The first-order valence-corrected chi connectivity index (χ1v) is 9.94. The fourth-order valence-corrected chi connectivity index (χ4v) is 4.10. The summed E-state index contributed by atoms with van der Waals surface area (Å²) in [6.07, 6.45) is 3.59. The highest BCUT2D eigenvalue weighted by atomic mass is 35.5. The first-order valence-electron chi connectivity index (χ1n) is 9.56. The van der Waals surface area contributed by atoms with Crippen LogP contribution in [0.5, 0.6) is 5.75 Å². The maximum atomic E-state index is 13.3. The maximum Gasteiger partial charge on any atom is 0.315 e. The molecule has 2 aliphatic heterocycles. The highest BCUT2D eigenvalue weighted by Gasteiger charge is 2.23. The van der Waals surface area contributed by atoms with E-state index in [1.54, 1.807) is 30.3 Å². The molecule has 0 spiro atoms. The van der Waals surface area contributed by atoms with Crippen LogP contribution in [0.4, 0.5) is 10.1 Å². The third-order valence-electron chi connectivity index (χ3n) is 5.61. The second-order valence-corrected chi connectivity index (χ2v) is 7.87. The summed E-state index contributed by atoms with van der Waals surface area (Å²) in [6, 6.07) is 10.1. The van der Waals surface area contributed by atoms with E-state index < -0.39 is 5.82 Å². The van der Waals surface area contributed by atoms with E-state index >= 15 is 0 Å². The van der Waals surface area contributed by atoms with Crippen molar-refractivity contribution in [1.29, 1.82) is 0 Å². The summed E-state index contributed by atoms with van der Waals surface area (Å²) in [5.41, 5.74) is 2.38. The lowest BCUT2D eigenvalue weighted by Gasteiger charge is -2.33. The molecule has 0 aromatic heterocycles. The Kier molecular flexibility index (Phi) is 5.36. The second-order valence-electron chi connectivity index (χ2n) is 7.46. The number of Topliss-reactive ketones (excluding diaryl/α,β-unsaturated/α-hetero) is 1. The minimum absolute atomic E-state index is 0.0819. The normalized spacial score (nSPS) is 16.8. The molecule has 0 atom stereocenters. The number of fused-ring (bicyclic) bond motifs is 1. The van der Waals surface area contributed by atoms with Gasteiger partial charge in [-0.2, -0.15) is 0 Å². The summed E-state index contributed by atoms with van der Waals surface area (Å²) in [4.78, 5) is 26.1. The van der Waals surface area contributed by atoms with Crippen molar-refractivity contribution in [2.75, 3.05) is 18.0 Å². The molecule has 2 aromatic rings. The van der Waals surface area contributed by atoms with Crippen LogP contribution in [-0.4, -0.2) is 24.8 Å². The average Bonchev–Trinajstić information content (AvgIpc) is 3.08. The standard InChI is InChI=1S/C22H21ClFNO3/c23-18-13-17(4-5-19(18)24)25-9-7-14(8-10-25)1-6-20(26)15-2-3-16-12-22(27)28-21(16)11-15/h2-5,11,13-14H,1,6-10,12H2. The number of nitrogens with zero attached hydrogens (tertiary/aromatic N) is 1. The lowest BCUT2D eigenvalue weighted by atomic mass is 9.90. The van der Waals surface area contributed by atoms with Gasteiger partial charge < -0.3 is 9.64 Å². The van der Waals surface area contributed by atoms with Gasteiger partial charge in [0.05, 0.1) is 11.4 Å². The molecule has 146 valence electrons. The number of anilines is 1. The highest BCUT2D eigenvalue weighted by molar-refractivity contribution is 6.31. The van der Waals surface area contributed by atoms with Crippen LogP contribution in [0.2, 0.25) is 5.02 Å². The molecule has 0 amide bonds. The van der Waals surface area contributed by atoms with Gasteiger partial charge in [-0.15, -0.1) is 0 Å². The number of halogens is 2. The van der Waals surface area contributed by atoms with Crippen molar-refractivity contribution in [3.63, 3.8) is 0 Å². The largest absolute Gasteiger partial charge is 0.426 e. The molecule has 0 N–H and O–H groups in total. The van der Waals surface area contributed by atoms with E-state index in [0.29, 0.717) is 23.7 Å². The van der Waals surface area contributed by atoms with Gasteiger partial charge in [0.15, 0.2) is 5.78 Å². The summed E-state index contributed by atoms with van der Waals surface area (Å²) in [6.45, 7) is 1.74. The van der Waals surface area contributed by atoms with Crippen LogP contribution in [0.3, 0.4) is 0 Å². The average molecular weight is 402 g/mol. The fraction of sp³-hybridized carbons (Fsp3) is 0.364. The van der Waals surface area contributed by atoms with Gasteiger partial charge in [-0.25, -0.2) is 4.39 Å². The van der Waals surface area contributed by atoms with Gasteiger partial charge in [-0.05, 0) is 49.4 Å². The van der Waals surface area contributed by atoms with Crippen molar-refractivity contribution in [1.82, 2.24) is 0 Å². The molecular weight excluding hydrogens is 381 g/mol. The van der Waals surface area contributed by atoms with Gasteiger partial charge in [-0.3, -0.25) is 9.59 Å². The van der Waals surface area contributed by atoms with E-state index in [0.717, 1.165) is 43.6 Å². The number of esters is 1. The number of carbonyl (C=O) groups excluding carboxylic acids is 2. The molecule has 0 unspecified atom stereocenters. The summed E-state index contributed by atoms with van der Waals surface area (Å²) in [7, 11) is 0. The predicted molar refractivity (Wildman–Crippen MR) is 106 cm³/mol. The van der Waals surface area contributed by atoms with E-state index in [4.69, 9.17) is 16.3 Å². The number of carbonyl (C=O) groups is 2. The Hall–Kier alpha value is -2.40. The number of rotatable bonds is 5. The third-order valence-corrected chi connectivity index (χ3v) is 5.90. The lowest BCUT2D eigenvalue weighted by Crippen LogP contribution is -2.33. The first-order chi connectivity index (χ1) is 13.5. The first kappa shape index (κ1) is 18.9. The Morgan fingerprint density at radius 2 is 1.96 bits per heavy atom. The minimum Gasteiger partial charge on any atom is -0.426 e. The summed E-state index contributed by atoms with van der Waals surface area (Å²) >= 11 is 5.88. The van der Waals surface area contributed by atoms with Gasteiger partial charge in [0.25, 0.3) is 0 Å². The number of hydrogen-bond donors (Lipinski definition) is 0. The molecule has 0 radical (unpaired) electrons. The molecule has 0 bridgehead atoms. The van der Waals surface area contributed by atoms with Gasteiger partial charge >= 0.3 is 5.97 Å². The maximum absolute atomic E-state index is 13.3. The Labute approximate surface area is 168 Å². The summed E-state index contributed by atoms with van der Waals surface area (Å²) in [5.74, 6) is 0.415. The van der Waals surface area contributed by atoms with E-state index in [-0.39, 0.29) is 23.2 Å². The molecule has 4 rings (SSSR count). The molecule has 1 saturated heterocycles. The van der Waals surface area contributed by atoms with E-state index in [1.807, 2.05) is 0 Å². The molecular formula is C22H21ClFNO3. The molecule has 0 saturated carbocycles. The molecule has 28 heavy (non-hydrogen) atoms. The van der Waals surface area contributed by atoms with Crippen LogP contribution in [0, 0.1) is 11.7 Å². The molecule has 0 aliphatic carbocycles. The molecule has 2 heterocycles. The Balaban J connectivity index is 1.28. The molecule has 6 heteroatoms. The third kappa shape index (κ3) is 4.04. The van der Waals surface area contributed by atoms with Crippen molar-refractivity contribution >= 4 is 29.0 Å². The van der Waals surface area contributed by atoms with Gasteiger partial charge in [-0.1, -0.05) is 23.7 Å². The zero-order chi connectivity index (χ0) is 19.7. The van der Waals surface area contributed by atoms with Gasteiger partial charge in [0, 0.05) is 36.3 Å². The molecule has 1 fully saturated rings. The van der Waals surface area contributed by atoms with Crippen molar-refractivity contribution in [3.8, 4) is 5.75 Å². The summed E-state index contributed by atoms with van der Waals surface area (Å²) in [5, 5.41) is 0.144. The van der Waals surface area contributed by atoms with Gasteiger partial charge in [0.2, 0.25) is 0 Å². The topological polar surface area (TPSA) is 46.6 Å². The number of ketones is 1. The van der Waals surface area contributed by atoms with Crippen LogP contribution >= 0.6 is 11.6 Å². The van der Waals surface area contributed by atoms with E-state index in [1.165, 1.54) is 6.07 Å². The van der Waals surface area contributed by atoms with Crippen LogP contribution < -0.4 is 9.64 Å². The minimum atomic E-state index is -0.403. The van der Waals surface area contributed by atoms with Crippen molar-refractivity contribution in [2.24, 2.45) is 5.92 Å². The lowest BCUT2D eigenvalue weighted by molar-refractivity contribution is -0.131. The van der Waals surface area contributed by atoms with Crippen molar-refractivity contribution in [2.45, 2.75) is 32.1 Å². The van der Waals surface area contributed by atoms with E-state index in [2.05, 4.69) is 4.90 Å². The number of piperidine rings is 1. The highest BCUT2D eigenvalue weighted by Crippen LogP contribution is 2.30. The van der Waals surface area contributed by atoms with Crippen LogP contribution in [-0.2, 0) is 11.2 Å².